The van der Waals surface area contributed by atoms with Crippen LogP contribution in [-0.4, -0.2) is 57.9 Å². The Bertz CT molecular complexity index is 1400. The molecule has 0 spiro atoms. The van der Waals surface area contributed by atoms with E-state index in [9.17, 15) is 19.5 Å². The van der Waals surface area contributed by atoms with Crippen LogP contribution in [0.25, 0.3) is 0 Å². The molecule has 0 saturated carbocycles. The molecule has 0 aromatic heterocycles. The number of amides is 2. The highest BCUT2D eigenvalue weighted by molar-refractivity contribution is 5.93. The number of rotatable bonds is 9. The van der Waals surface area contributed by atoms with Crippen LogP contribution in [0.15, 0.2) is 121 Å². The second-order valence-corrected chi connectivity index (χ2v) is 10.8. The van der Waals surface area contributed by atoms with Gasteiger partial charge in [-0.1, -0.05) is 135 Å². The van der Waals surface area contributed by atoms with E-state index in [1.165, 1.54) is 0 Å². The molecule has 5 rings (SSSR count). The van der Waals surface area contributed by atoms with Crippen molar-refractivity contribution in [2.45, 2.75) is 43.7 Å². The van der Waals surface area contributed by atoms with Crippen molar-refractivity contribution in [1.82, 2.24) is 9.80 Å². The maximum Gasteiger partial charge on any atom is 0.328 e. The van der Waals surface area contributed by atoms with Crippen molar-refractivity contribution in [1.29, 1.82) is 0 Å². The van der Waals surface area contributed by atoms with E-state index in [0.717, 1.165) is 28.7 Å². The molecule has 0 unspecified atom stereocenters. The number of nitrogens with zero attached hydrogens (tertiary/aromatic N) is 2. The summed E-state index contributed by atoms with van der Waals surface area (Å²) in [7, 11) is 0. The second-order valence-electron chi connectivity index (χ2n) is 10.8. The lowest BCUT2D eigenvalue weighted by Crippen LogP contribution is -2.65. The highest BCUT2D eigenvalue weighted by atomic mass is 16.4. The molecular formula is C36H36N2O4. The summed E-state index contributed by atoms with van der Waals surface area (Å²) in [6.07, 6.45) is 1.32. The average Bonchev–Trinajstić information content (AvgIpc) is 3.03. The minimum absolute atomic E-state index is 0.0768. The Kier molecular flexibility index (Phi) is 9.12. The Morgan fingerprint density at radius 2 is 1.02 bits per heavy atom. The van der Waals surface area contributed by atoms with E-state index in [1.807, 2.05) is 128 Å². The maximum atomic E-state index is 14.5. The number of aliphatic carboxylic acids is 1. The van der Waals surface area contributed by atoms with Crippen LogP contribution in [0.1, 0.15) is 53.9 Å². The molecule has 1 fully saturated rings. The second kappa shape index (κ2) is 13.3. The van der Waals surface area contributed by atoms with Crippen molar-refractivity contribution >= 4 is 17.8 Å². The lowest BCUT2D eigenvalue weighted by Gasteiger charge is -2.47. The molecule has 1 N–H and O–H groups in total. The third-order valence-corrected chi connectivity index (χ3v) is 8.05. The average molecular weight is 561 g/mol. The van der Waals surface area contributed by atoms with Gasteiger partial charge in [0.1, 0.15) is 6.04 Å². The van der Waals surface area contributed by atoms with Gasteiger partial charge in [-0.3, -0.25) is 9.59 Å². The van der Waals surface area contributed by atoms with E-state index in [2.05, 4.69) is 0 Å². The zero-order valence-electron chi connectivity index (χ0n) is 23.8. The molecule has 4 aromatic rings. The number of carboxylic acids is 1. The lowest BCUT2D eigenvalue weighted by molar-refractivity contribution is -0.161. The van der Waals surface area contributed by atoms with Crippen molar-refractivity contribution in [3.05, 3.63) is 144 Å². The highest BCUT2D eigenvalue weighted by Crippen LogP contribution is 2.33. The van der Waals surface area contributed by atoms with Crippen LogP contribution in [0.4, 0.5) is 0 Å². The van der Waals surface area contributed by atoms with Gasteiger partial charge in [0.2, 0.25) is 11.8 Å². The fourth-order valence-electron chi connectivity index (χ4n) is 6.11. The molecule has 1 aliphatic heterocycles. The monoisotopic (exact) mass is 560 g/mol. The normalized spacial score (nSPS) is 16.9. The van der Waals surface area contributed by atoms with E-state index in [4.69, 9.17) is 0 Å². The number of hydrogen-bond donors (Lipinski definition) is 1. The minimum Gasteiger partial charge on any atom is -0.480 e. The fourth-order valence-corrected chi connectivity index (χ4v) is 6.11. The zero-order chi connectivity index (χ0) is 29.5. The van der Waals surface area contributed by atoms with E-state index < -0.39 is 29.9 Å². The van der Waals surface area contributed by atoms with Gasteiger partial charge in [0.15, 0.2) is 0 Å². The molecule has 4 aromatic carbocycles. The fraction of sp³-hybridized carbons (Fsp3) is 0.250. The van der Waals surface area contributed by atoms with Gasteiger partial charge in [-0.15, -0.1) is 0 Å². The molecule has 6 nitrogen and oxygen atoms in total. The van der Waals surface area contributed by atoms with Gasteiger partial charge in [0, 0.05) is 6.54 Å². The SMILES string of the molecule is CCC[C@@H]1CN(C(=O)C(c2ccccc2)c2ccccc2)C[C@@H](C(=O)O)N1C(=O)C(c1ccccc1)c1ccccc1. The molecule has 6 heteroatoms. The summed E-state index contributed by atoms with van der Waals surface area (Å²) < 4.78 is 0. The van der Waals surface area contributed by atoms with Crippen LogP contribution in [-0.2, 0) is 14.4 Å². The quantitative estimate of drug-likeness (QED) is 0.275. The van der Waals surface area contributed by atoms with Gasteiger partial charge < -0.3 is 14.9 Å². The van der Waals surface area contributed by atoms with Crippen LogP contribution in [0.5, 0.6) is 0 Å². The number of carbonyl (C=O) groups is 3. The molecule has 2 amide bonds. The molecule has 1 aliphatic rings. The van der Waals surface area contributed by atoms with Crippen molar-refractivity contribution in [2.24, 2.45) is 0 Å². The summed E-state index contributed by atoms with van der Waals surface area (Å²) in [6.45, 7) is 2.21. The summed E-state index contributed by atoms with van der Waals surface area (Å²) in [6, 6.07) is 36.5. The number of carboxylic acid groups (broad SMARTS) is 1. The van der Waals surface area contributed by atoms with Crippen molar-refractivity contribution in [3.63, 3.8) is 0 Å². The molecule has 1 heterocycles. The largest absolute Gasteiger partial charge is 0.480 e. The number of carbonyl (C=O) groups excluding carboxylic acids is 2. The third-order valence-electron chi connectivity index (χ3n) is 8.05. The standard InChI is InChI=1S/C36H36N2O4/c1-2-15-30-24-37(34(39)32(26-16-7-3-8-17-26)27-18-9-4-10-19-27)25-31(36(41)42)38(30)35(40)33(28-20-11-5-12-21-28)29-22-13-6-14-23-29/h3-14,16-23,30-33H,2,15,24-25H2,1H3,(H,41,42)/t30-,31+/m1/s1. The minimum atomic E-state index is -1.17. The van der Waals surface area contributed by atoms with Crippen molar-refractivity contribution in [3.8, 4) is 0 Å². The van der Waals surface area contributed by atoms with E-state index in [-0.39, 0.29) is 24.9 Å². The number of piperazine rings is 1. The lowest BCUT2D eigenvalue weighted by atomic mass is 9.87. The molecule has 0 radical (unpaired) electrons. The maximum absolute atomic E-state index is 14.5. The molecule has 214 valence electrons. The van der Waals surface area contributed by atoms with Crippen molar-refractivity contribution < 1.29 is 19.5 Å². The number of hydrogen-bond acceptors (Lipinski definition) is 3. The Balaban J connectivity index is 1.52. The first-order valence-electron chi connectivity index (χ1n) is 14.5. The first-order valence-corrected chi connectivity index (χ1v) is 14.5. The Hall–Kier alpha value is -4.71. The summed E-state index contributed by atoms with van der Waals surface area (Å²) in [5.74, 6) is -2.76. The molecule has 0 bridgehead atoms. The highest BCUT2D eigenvalue weighted by Gasteiger charge is 2.45. The van der Waals surface area contributed by atoms with Gasteiger partial charge in [-0.2, -0.15) is 0 Å². The van der Waals surface area contributed by atoms with Crippen molar-refractivity contribution in [2.75, 3.05) is 13.1 Å². The topological polar surface area (TPSA) is 77.9 Å². The van der Waals surface area contributed by atoms with Gasteiger partial charge in [0.05, 0.1) is 24.4 Å². The smallest absolute Gasteiger partial charge is 0.328 e. The van der Waals surface area contributed by atoms with Gasteiger partial charge in [0.25, 0.3) is 0 Å². The number of benzene rings is 4. The van der Waals surface area contributed by atoms with E-state index >= 15 is 0 Å². The molecular weight excluding hydrogens is 524 g/mol. The van der Waals surface area contributed by atoms with Crippen LogP contribution in [0.3, 0.4) is 0 Å². The molecule has 0 aliphatic carbocycles. The van der Waals surface area contributed by atoms with Crippen LogP contribution < -0.4 is 0 Å². The first-order chi connectivity index (χ1) is 20.5. The first kappa shape index (κ1) is 28.8. The van der Waals surface area contributed by atoms with Gasteiger partial charge in [-0.25, -0.2) is 4.79 Å². The zero-order valence-corrected chi connectivity index (χ0v) is 23.8. The third kappa shape index (κ3) is 6.13. The van der Waals surface area contributed by atoms with Crippen LogP contribution in [0.2, 0.25) is 0 Å². The molecule has 42 heavy (non-hydrogen) atoms. The Labute approximate surface area is 247 Å². The summed E-state index contributed by atoms with van der Waals surface area (Å²) in [4.78, 5) is 44.9. The Morgan fingerprint density at radius 1 is 0.643 bits per heavy atom. The van der Waals surface area contributed by atoms with E-state index in [0.29, 0.717) is 6.42 Å². The predicted octanol–water partition coefficient (Wildman–Crippen LogP) is 5.94. The molecule has 2 atom stereocenters. The van der Waals surface area contributed by atoms with Crippen LogP contribution in [0, 0.1) is 0 Å². The van der Waals surface area contributed by atoms with Gasteiger partial charge >= 0.3 is 5.97 Å². The van der Waals surface area contributed by atoms with E-state index in [1.54, 1.807) is 9.80 Å². The summed E-state index contributed by atoms with van der Waals surface area (Å²) >= 11 is 0. The Morgan fingerprint density at radius 3 is 1.38 bits per heavy atom. The summed E-state index contributed by atoms with van der Waals surface area (Å²) in [5.41, 5.74) is 3.30. The predicted molar refractivity (Wildman–Crippen MR) is 163 cm³/mol. The summed E-state index contributed by atoms with van der Waals surface area (Å²) in [5, 5.41) is 10.5. The molecule has 1 saturated heterocycles. The van der Waals surface area contributed by atoms with Crippen LogP contribution >= 0.6 is 0 Å². The van der Waals surface area contributed by atoms with Gasteiger partial charge in [-0.05, 0) is 28.7 Å².